The van der Waals surface area contributed by atoms with Gasteiger partial charge in [-0.2, -0.15) is 0 Å². The summed E-state index contributed by atoms with van der Waals surface area (Å²) in [5, 5.41) is 2.94. The topological polar surface area (TPSA) is 92.8 Å². The lowest BCUT2D eigenvalue weighted by Gasteiger charge is -2.29. The van der Waals surface area contributed by atoms with Crippen LogP contribution >= 0.6 is 0 Å². The maximum absolute atomic E-state index is 12.7. The van der Waals surface area contributed by atoms with Crippen molar-refractivity contribution in [2.24, 2.45) is 5.92 Å². The second-order valence-corrected chi connectivity index (χ2v) is 8.05. The molecule has 0 bridgehead atoms. The Morgan fingerprint density at radius 1 is 1.00 bits per heavy atom. The predicted octanol–water partition coefficient (Wildman–Crippen LogP) is 3.34. The Morgan fingerprint density at radius 2 is 1.68 bits per heavy atom. The summed E-state index contributed by atoms with van der Waals surface area (Å²) in [7, 11) is 0. The van der Waals surface area contributed by atoms with Crippen molar-refractivity contribution in [1.82, 2.24) is 5.32 Å². The standard InChI is InChI=1S/C24H24N2O5/c1-15-7-2-5-12-20(15)25-21(27)14-31-24(30)16-8-6-9-17(13-16)26-22(28)18-10-3-4-11-19(18)23(26)29/h3-4,6,8-11,13,15,20H,2,5,7,12,14H2,1H3,(H,25,27). The molecule has 2 aromatic rings. The van der Waals surface area contributed by atoms with Crippen molar-refractivity contribution in [3.8, 4) is 0 Å². The number of benzene rings is 2. The van der Waals surface area contributed by atoms with Gasteiger partial charge in [0, 0.05) is 6.04 Å². The van der Waals surface area contributed by atoms with Gasteiger partial charge in [0.1, 0.15) is 0 Å². The van der Waals surface area contributed by atoms with Gasteiger partial charge in [0.05, 0.1) is 22.4 Å². The Bertz CT molecular complexity index is 1010. The average molecular weight is 420 g/mol. The van der Waals surface area contributed by atoms with Gasteiger partial charge in [-0.05, 0) is 49.1 Å². The largest absolute Gasteiger partial charge is 0.452 e. The van der Waals surface area contributed by atoms with Crippen molar-refractivity contribution < 1.29 is 23.9 Å². The van der Waals surface area contributed by atoms with Gasteiger partial charge in [-0.1, -0.05) is 38.0 Å². The fourth-order valence-corrected chi connectivity index (χ4v) is 4.19. The highest BCUT2D eigenvalue weighted by molar-refractivity contribution is 6.34. The summed E-state index contributed by atoms with van der Waals surface area (Å²) in [5.41, 5.74) is 1.09. The van der Waals surface area contributed by atoms with Crippen molar-refractivity contribution in [3.63, 3.8) is 0 Å². The van der Waals surface area contributed by atoms with Crippen molar-refractivity contribution in [2.75, 3.05) is 11.5 Å². The highest BCUT2D eigenvalue weighted by atomic mass is 16.5. The number of amides is 3. The maximum atomic E-state index is 12.7. The zero-order valence-corrected chi connectivity index (χ0v) is 17.3. The zero-order valence-electron chi connectivity index (χ0n) is 17.3. The first-order valence-corrected chi connectivity index (χ1v) is 10.5. The van der Waals surface area contributed by atoms with Crippen LogP contribution in [0.4, 0.5) is 5.69 Å². The molecule has 3 amide bonds. The van der Waals surface area contributed by atoms with E-state index in [2.05, 4.69) is 12.2 Å². The molecule has 1 fully saturated rings. The molecule has 0 aromatic heterocycles. The number of anilines is 1. The summed E-state index contributed by atoms with van der Waals surface area (Å²) >= 11 is 0. The number of esters is 1. The molecule has 0 spiro atoms. The molecule has 2 unspecified atom stereocenters. The molecule has 1 saturated carbocycles. The van der Waals surface area contributed by atoms with Crippen LogP contribution in [0.3, 0.4) is 0 Å². The van der Waals surface area contributed by atoms with E-state index in [1.165, 1.54) is 18.6 Å². The number of nitrogens with one attached hydrogen (secondary N) is 1. The third-order valence-corrected chi connectivity index (χ3v) is 5.93. The zero-order chi connectivity index (χ0) is 22.0. The molecule has 7 heteroatoms. The Labute approximate surface area is 180 Å². The van der Waals surface area contributed by atoms with Gasteiger partial charge >= 0.3 is 5.97 Å². The normalized spacial score (nSPS) is 20.4. The molecule has 1 aliphatic heterocycles. The lowest BCUT2D eigenvalue weighted by atomic mass is 9.86. The molecule has 1 N–H and O–H groups in total. The van der Waals surface area contributed by atoms with Crippen LogP contribution in [0.25, 0.3) is 0 Å². The first-order valence-electron chi connectivity index (χ1n) is 10.5. The lowest BCUT2D eigenvalue weighted by molar-refractivity contribution is -0.125. The fourth-order valence-electron chi connectivity index (χ4n) is 4.19. The van der Waals surface area contributed by atoms with Crippen LogP contribution in [0.1, 0.15) is 63.7 Å². The Hall–Kier alpha value is -3.48. The van der Waals surface area contributed by atoms with Gasteiger partial charge in [0.25, 0.3) is 17.7 Å². The molecule has 31 heavy (non-hydrogen) atoms. The van der Waals surface area contributed by atoms with Gasteiger partial charge in [0.2, 0.25) is 0 Å². The number of fused-ring (bicyclic) bond motifs is 1. The summed E-state index contributed by atoms with van der Waals surface area (Å²) in [4.78, 5) is 51.0. The van der Waals surface area contributed by atoms with Gasteiger partial charge in [-0.3, -0.25) is 14.4 Å². The molecular formula is C24H24N2O5. The number of ether oxygens (including phenoxy) is 1. The lowest BCUT2D eigenvalue weighted by Crippen LogP contribution is -2.42. The molecule has 0 saturated heterocycles. The van der Waals surface area contributed by atoms with Crippen LogP contribution in [0.2, 0.25) is 0 Å². The van der Waals surface area contributed by atoms with E-state index in [4.69, 9.17) is 4.74 Å². The third-order valence-electron chi connectivity index (χ3n) is 5.93. The molecule has 1 heterocycles. The van der Waals surface area contributed by atoms with Crippen LogP contribution in [0.5, 0.6) is 0 Å². The van der Waals surface area contributed by atoms with Gasteiger partial charge in [-0.15, -0.1) is 0 Å². The van der Waals surface area contributed by atoms with Crippen LogP contribution in [0, 0.1) is 5.92 Å². The van der Waals surface area contributed by atoms with Crippen LogP contribution in [0.15, 0.2) is 48.5 Å². The van der Waals surface area contributed by atoms with Crippen molar-refractivity contribution in [3.05, 3.63) is 65.2 Å². The van der Waals surface area contributed by atoms with Crippen LogP contribution in [-0.2, 0) is 9.53 Å². The SMILES string of the molecule is CC1CCCCC1NC(=O)COC(=O)c1cccc(N2C(=O)c3ccccc3C2=O)c1. The minimum absolute atomic E-state index is 0.108. The van der Waals surface area contributed by atoms with Gasteiger partial charge in [0.15, 0.2) is 6.61 Å². The summed E-state index contributed by atoms with van der Waals surface area (Å²) in [6.07, 6.45) is 4.27. The first kappa shape index (κ1) is 20.8. The van der Waals surface area contributed by atoms with E-state index < -0.39 is 17.8 Å². The molecule has 2 atom stereocenters. The second kappa shape index (κ2) is 8.71. The third kappa shape index (κ3) is 4.21. The molecule has 7 nitrogen and oxygen atoms in total. The summed E-state index contributed by atoms with van der Waals surface area (Å²) in [6, 6.07) is 12.8. The summed E-state index contributed by atoms with van der Waals surface area (Å²) in [6.45, 7) is 1.74. The first-order chi connectivity index (χ1) is 15.0. The Balaban J connectivity index is 1.40. The smallest absolute Gasteiger partial charge is 0.338 e. The molecule has 0 radical (unpaired) electrons. The predicted molar refractivity (Wildman–Crippen MR) is 114 cm³/mol. The van der Waals surface area contributed by atoms with E-state index in [0.717, 1.165) is 24.2 Å². The molecule has 2 aliphatic rings. The molecule has 4 rings (SSSR count). The maximum Gasteiger partial charge on any atom is 0.338 e. The number of nitrogens with zero attached hydrogens (tertiary/aromatic N) is 1. The van der Waals surface area contributed by atoms with E-state index in [9.17, 15) is 19.2 Å². The number of hydrogen-bond donors (Lipinski definition) is 1. The van der Waals surface area contributed by atoms with Crippen molar-refractivity contribution in [2.45, 2.75) is 38.6 Å². The number of imide groups is 1. The van der Waals surface area contributed by atoms with Crippen molar-refractivity contribution in [1.29, 1.82) is 0 Å². The minimum atomic E-state index is -0.690. The number of carbonyl (C=O) groups excluding carboxylic acids is 4. The van der Waals surface area contributed by atoms with E-state index in [1.807, 2.05) is 0 Å². The molecule has 1 aliphatic carbocycles. The molecular weight excluding hydrogens is 396 g/mol. The van der Waals surface area contributed by atoms with Crippen LogP contribution in [-0.4, -0.2) is 36.3 Å². The van der Waals surface area contributed by atoms with E-state index in [-0.39, 0.29) is 29.8 Å². The summed E-state index contributed by atoms with van der Waals surface area (Å²) < 4.78 is 5.16. The van der Waals surface area contributed by atoms with Crippen LogP contribution < -0.4 is 10.2 Å². The quantitative estimate of drug-likeness (QED) is 0.592. The second-order valence-electron chi connectivity index (χ2n) is 8.05. The van der Waals surface area contributed by atoms with E-state index in [1.54, 1.807) is 36.4 Å². The molecule has 160 valence electrons. The Kier molecular flexibility index (Phi) is 5.84. The number of carbonyl (C=O) groups is 4. The van der Waals surface area contributed by atoms with Gasteiger partial charge in [-0.25, -0.2) is 9.69 Å². The number of hydrogen-bond acceptors (Lipinski definition) is 5. The minimum Gasteiger partial charge on any atom is -0.452 e. The van der Waals surface area contributed by atoms with Gasteiger partial charge < -0.3 is 10.1 Å². The molecule has 2 aromatic carbocycles. The summed E-state index contributed by atoms with van der Waals surface area (Å²) in [5.74, 6) is -1.49. The van der Waals surface area contributed by atoms with E-state index in [0.29, 0.717) is 17.0 Å². The van der Waals surface area contributed by atoms with E-state index >= 15 is 0 Å². The Morgan fingerprint density at radius 3 is 2.35 bits per heavy atom. The average Bonchev–Trinajstić information content (AvgIpc) is 3.04. The van der Waals surface area contributed by atoms with Crippen molar-refractivity contribution >= 4 is 29.4 Å². The highest BCUT2D eigenvalue weighted by Crippen LogP contribution is 2.29. The highest BCUT2D eigenvalue weighted by Gasteiger charge is 2.36. The number of rotatable bonds is 5. The monoisotopic (exact) mass is 420 g/mol. The fraction of sp³-hybridized carbons (Fsp3) is 0.333.